The molecule has 0 spiro atoms. The number of pyridine rings is 1. The van der Waals surface area contributed by atoms with Crippen molar-refractivity contribution in [1.82, 2.24) is 14.8 Å². The van der Waals surface area contributed by atoms with Crippen LogP contribution in [0, 0.1) is 0 Å². The zero-order chi connectivity index (χ0) is 17.8. The van der Waals surface area contributed by atoms with Crippen molar-refractivity contribution in [3.63, 3.8) is 0 Å². The number of carbonyl (C=O) groups is 1. The number of hydrogen-bond acceptors (Lipinski definition) is 4. The monoisotopic (exact) mass is 348 g/mol. The molecular weight excluding hydrogens is 328 g/mol. The van der Waals surface area contributed by atoms with Crippen LogP contribution in [0.1, 0.15) is 34.6 Å². The molecule has 1 aliphatic heterocycles. The van der Waals surface area contributed by atoms with Crippen LogP contribution < -0.4 is 10.1 Å². The molecule has 0 saturated carbocycles. The van der Waals surface area contributed by atoms with Crippen molar-refractivity contribution in [2.75, 3.05) is 5.32 Å². The quantitative estimate of drug-likeness (QED) is 0.767. The minimum atomic E-state index is -0.268. The largest absolute Gasteiger partial charge is 0.487 e. The van der Waals surface area contributed by atoms with Crippen LogP contribution in [0.3, 0.4) is 0 Å². The zero-order valence-electron chi connectivity index (χ0n) is 14.4. The number of ether oxygens (including phenoxy) is 1. The van der Waals surface area contributed by atoms with E-state index in [0.717, 1.165) is 24.9 Å². The molecule has 3 heterocycles. The fourth-order valence-corrected chi connectivity index (χ4v) is 3.00. The van der Waals surface area contributed by atoms with Gasteiger partial charge in [-0.2, -0.15) is 5.10 Å². The van der Waals surface area contributed by atoms with Crippen LogP contribution in [0.25, 0.3) is 0 Å². The van der Waals surface area contributed by atoms with Crippen LogP contribution >= 0.6 is 0 Å². The van der Waals surface area contributed by atoms with E-state index < -0.39 is 0 Å². The van der Waals surface area contributed by atoms with E-state index in [2.05, 4.69) is 15.4 Å². The molecule has 0 unspecified atom stereocenters. The summed E-state index contributed by atoms with van der Waals surface area (Å²) in [5, 5.41) is 7.25. The Hall–Kier alpha value is -3.15. The molecule has 4 rings (SSSR count). The van der Waals surface area contributed by atoms with Gasteiger partial charge in [0.25, 0.3) is 5.91 Å². The molecule has 0 aliphatic carbocycles. The van der Waals surface area contributed by atoms with Crippen molar-refractivity contribution >= 4 is 11.7 Å². The maximum Gasteiger partial charge on any atom is 0.275 e. The standard InChI is InChI=1S/C20H20N4O2/c25-20(22-19-12-16-8-4-5-11-24(16)23-19)18-10-9-17(13-21-18)26-14-15-6-2-1-3-7-15/h1-3,6-7,9-10,12-13H,4-5,8,11,14H2,(H,22,23,25). The number of benzene rings is 1. The summed E-state index contributed by atoms with van der Waals surface area (Å²) in [5.74, 6) is 0.941. The molecular formula is C20H20N4O2. The van der Waals surface area contributed by atoms with Gasteiger partial charge in [0.2, 0.25) is 0 Å². The summed E-state index contributed by atoms with van der Waals surface area (Å²) in [6.07, 6.45) is 4.88. The van der Waals surface area contributed by atoms with Crippen LogP contribution in [-0.4, -0.2) is 20.7 Å². The lowest BCUT2D eigenvalue weighted by atomic mass is 10.1. The molecule has 132 valence electrons. The number of fused-ring (bicyclic) bond motifs is 1. The third-order valence-electron chi connectivity index (χ3n) is 4.38. The van der Waals surface area contributed by atoms with Crippen LogP contribution in [0.2, 0.25) is 0 Å². The van der Waals surface area contributed by atoms with Crippen LogP contribution in [0.5, 0.6) is 5.75 Å². The Bertz CT molecular complexity index is 864. The van der Waals surface area contributed by atoms with Crippen molar-refractivity contribution < 1.29 is 9.53 Å². The maximum atomic E-state index is 12.4. The summed E-state index contributed by atoms with van der Waals surface area (Å²) >= 11 is 0. The highest BCUT2D eigenvalue weighted by Gasteiger charge is 2.15. The summed E-state index contributed by atoms with van der Waals surface area (Å²) in [7, 11) is 0. The lowest BCUT2D eigenvalue weighted by Gasteiger charge is -2.11. The second-order valence-electron chi connectivity index (χ2n) is 6.31. The average molecular weight is 348 g/mol. The second kappa shape index (κ2) is 7.39. The van der Waals surface area contributed by atoms with E-state index in [1.165, 1.54) is 12.1 Å². The number of rotatable bonds is 5. The van der Waals surface area contributed by atoms with E-state index in [0.29, 0.717) is 23.9 Å². The summed E-state index contributed by atoms with van der Waals surface area (Å²) in [4.78, 5) is 16.6. The molecule has 1 N–H and O–H groups in total. The van der Waals surface area contributed by atoms with Gasteiger partial charge in [0.05, 0.1) is 6.20 Å². The fourth-order valence-electron chi connectivity index (χ4n) is 3.00. The van der Waals surface area contributed by atoms with E-state index in [9.17, 15) is 4.79 Å². The van der Waals surface area contributed by atoms with Crippen molar-refractivity contribution in [2.24, 2.45) is 0 Å². The van der Waals surface area contributed by atoms with Gasteiger partial charge in [-0.1, -0.05) is 30.3 Å². The van der Waals surface area contributed by atoms with Gasteiger partial charge in [-0.15, -0.1) is 0 Å². The normalized spacial score (nSPS) is 13.1. The first-order valence-corrected chi connectivity index (χ1v) is 8.79. The first-order chi connectivity index (χ1) is 12.8. The minimum absolute atomic E-state index is 0.268. The molecule has 1 amide bonds. The highest BCUT2D eigenvalue weighted by atomic mass is 16.5. The number of amides is 1. The minimum Gasteiger partial charge on any atom is -0.487 e. The van der Waals surface area contributed by atoms with Gasteiger partial charge >= 0.3 is 0 Å². The number of aryl methyl sites for hydroxylation is 2. The van der Waals surface area contributed by atoms with E-state index in [1.54, 1.807) is 18.3 Å². The fraction of sp³-hybridized carbons (Fsp3) is 0.250. The molecule has 2 aromatic heterocycles. The first-order valence-electron chi connectivity index (χ1n) is 8.79. The number of hydrogen-bond donors (Lipinski definition) is 1. The molecule has 0 fully saturated rings. The van der Waals surface area contributed by atoms with Crippen LogP contribution in [-0.2, 0) is 19.6 Å². The van der Waals surface area contributed by atoms with E-state index in [4.69, 9.17) is 4.74 Å². The van der Waals surface area contributed by atoms with Gasteiger partial charge in [0.1, 0.15) is 18.1 Å². The molecule has 26 heavy (non-hydrogen) atoms. The predicted octanol–water partition coefficient (Wildman–Crippen LogP) is 3.45. The molecule has 0 radical (unpaired) electrons. The van der Waals surface area contributed by atoms with Gasteiger partial charge in [-0.25, -0.2) is 4.98 Å². The Kier molecular flexibility index (Phi) is 4.64. The Labute approximate surface area is 151 Å². The topological polar surface area (TPSA) is 69.0 Å². The zero-order valence-corrected chi connectivity index (χ0v) is 14.4. The molecule has 3 aromatic rings. The Morgan fingerprint density at radius 1 is 1.15 bits per heavy atom. The van der Waals surface area contributed by atoms with Gasteiger partial charge < -0.3 is 10.1 Å². The van der Waals surface area contributed by atoms with Crippen molar-refractivity contribution in [1.29, 1.82) is 0 Å². The predicted molar refractivity (Wildman–Crippen MR) is 98.1 cm³/mol. The highest BCUT2D eigenvalue weighted by Crippen LogP contribution is 2.18. The van der Waals surface area contributed by atoms with Gasteiger partial charge in [-0.3, -0.25) is 9.48 Å². The lowest BCUT2D eigenvalue weighted by Crippen LogP contribution is -2.14. The van der Waals surface area contributed by atoms with Gasteiger partial charge in [0, 0.05) is 18.3 Å². The number of anilines is 1. The Morgan fingerprint density at radius 3 is 2.81 bits per heavy atom. The molecule has 1 aromatic carbocycles. The van der Waals surface area contributed by atoms with Crippen LogP contribution in [0.4, 0.5) is 5.82 Å². The molecule has 0 bridgehead atoms. The van der Waals surface area contributed by atoms with Gasteiger partial charge in [0.15, 0.2) is 5.82 Å². The molecule has 0 saturated heterocycles. The molecule has 0 atom stereocenters. The summed E-state index contributed by atoms with van der Waals surface area (Å²) in [6, 6.07) is 15.3. The SMILES string of the molecule is O=C(Nc1cc2n(n1)CCCC2)c1ccc(OCc2ccccc2)cn1. The summed E-state index contributed by atoms with van der Waals surface area (Å²) in [6.45, 7) is 1.38. The molecule has 6 nitrogen and oxygen atoms in total. The van der Waals surface area contributed by atoms with Crippen molar-refractivity contribution in [2.45, 2.75) is 32.4 Å². The van der Waals surface area contributed by atoms with Gasteiger partial charge in [-0.05, 0) is 37.0 Å². The lowest BCUT2D eigenvalue weighted by molar-refractivity contribution is 0.102. The molecule has 1 aliphatic rings. The average Bonchev–Trinajstić information content (AvgIpc) is 3.10. The number of nitrogens with one attached hydrogen (secondary N) is 1. The van der Waals surface area contributed by atoms with E-state index >= 15 is 0 Å². The third-order valence-corrected chi connectivity index (χ3v) is 4.38. The smallest absolute Gasteiger partial charge is 0.275 e. The Morgan fingerprint density at radius 2 is 2.04 bits per heavy atom. The van der Waals surface area contributed by atoms with Crippen molar-refractivity contribution in [3.8, 4) is 5.75 Å². The third kappa shape index (κ3) is 3.74. The summed E-state index contributed by atoms with van der Waals surface area (Å²) < 4.78 is 7.66. The number of nitrogens with zero attached hydrogens (tertiary/aromatic N) is 3. The van der Waals surface area contributed by atoms with Crippen LogP contribution in [0.15, 0.2) is 54.7 Å². The van der Waals surface area contributed by atoms with Crippen molar-refractivity contribution in [3.05, 3.63) is 71.7 Å². The Balaban J connectivity index is 1.37. The highest BCUT2D eigenvalue weighted by molar-refractivity contribution is 6.02. The van der Waals surface area contributed by atoms with E-state index in [1.807, 2.05) is 41.1 Å². The number of aromatic nitrogens is 3. The first kappa shape index (κ1) is 16.3. The summed E-state index contributed by atoms with van der Waals surface area (Å²) in [5.41, 5.74) is 2.59. The second-order valence-corrected chi connectivity index (χ2v) is 6.31. The number of carbonyl (C=O) groups excluding carboxylic acids is 1. The van der Waals surface area contributed by atoms with E-state index in [-0.39, 0.29) is 5.91 Å². The molecule has 6 heteroatoms. The maximum absolute atomic E-state index is 12.4.